The van der Waals surface area contributed by atoms with Crippen molar-refractivity contribution in [2.45, 2.75) is 19.3 Å². The predicted octanol–water partition coefficient (Wildman–Crippen LogP) is 2.45. The highest BCUT2D eigenvalue weighted by Gasteiger charge is 2.16. The van der Waals surface area contributed by atoms with Crippen LogP contribution in [-0.4, -0.2) is 5.91 Å². The Hall–Kier alpha value is -1.02. The molecule has 3 heteroatoms. The first-order valence-electron chi connectivity index (χ1n) is 4.25. The molecule has 2 nitrogen and oxygen atoms in total. The van der Waals surface area contributed by atoms with Gasteiger partial charge in [-0.3, -0.25) is 9.63 Å². The number of hydrogen-bond acceptors (Lipinski definition) is 1. The van der Waals surface area contributed by atoms with E-state index in [0.29, 0.717) is 0 Å². The molecule has 0 aromatic heterocycles. The number of halogens is 1. The molecule has 0 spiro atoms. The van der Waals surface area contributed by atoms with Crippen LogP contribution in [-0.2, 0) is 4.79 Å². The molecular formula is C10H12ClNO. The maximum atomic E-state index is 11.3. The monoisotopic (exact) mass is 197 g/mol. The van der Waals surface area contributed by atoms with Crippen molar-refractivity contribution in [3.63, 3.8) is 0 Å². The minimum absolute atomic E-state index is 0.140. The topological polar surface area (TPSA) is 29.1 Å². The van der Waals surface area contributed by atoms with E-state index in [1.165, 1.54) is 0 Å². The second kappa shape index (κ2) is 4.87. The molecule has 0 aliphatic rings. The van der Waals surface area contributed by atoms with E-state index in [1.807, 2.05) is 37.3 Å². The summed E-state index contributed by atoms with van der Waals surface area (Å²) in [7, 11) is 0. The van der Waals surface area contributed by atoms with Gasteiger partial charge in [0, 0.05) is 11.8 Å². The first-order valence-corrected chi connectivity index (χ1v) is 4.62. The minimum atomic E-state index is -0.143. The van der Waals surface area contributed by atoms with Crippen LogP contribution in [0.15, 0.2) is 30.3 Å². The van der Waals surface area contributed by atoms with Crippen LogP contribution in [0.5, 0.6) is 0 Å². The van der Waals surface area contributed by atoms with Crippen molar-refractivity contribution in [2.75, 3.05) is 0 Å². The number of benzene rings is 1. The van der Waals surface area contributed by atoms with Gasteiger partial charge >= 0.3 is 0 Å². The summed E-state index contributed by atoms with van der Waals surface area (Å²) in [6.07, 6.45) is 0.753. The Bertz CT molecular complexity index is 274. The Morgan fingerprint density at radius 2 is 2.08 bits per heavy atom. The van der Waals surface area contributed by atoms with Crippen LogP contribution in [0.4, 0.5) is 0 Å². The number of carbonyl (C=O) groups is 1. The highest BCUT2D eigenvalue weighted by Crippen LogP contribution is 2.19. The van der Waals surface area contributed by atoms with Crippen LogP contribution in [0.2, 0.25) is 0 Å². The fourth-order valence-electron chi connectivity index (χ4n) is 1.32. The van der Waals surface area contributed by atoms with Gasteiger partial charge < -0.3 is 0 Å². The molecule has 0 aliphatic carbocycles. The van der Waals surface area contributed by atoms with Crippen molar-refractivity contribution < 1.29 is 4.79 Å². The zero-order valence-electron chi connectivity index (χ0n) is 7.46. The van der Waals surface area contributed by atoms with E-state index < -0.39 is 0 Å². The molecular weight excluding hydrogens is 186 g/mol. The van der Waals surface area contributed by atoms with Crippen LogP contribution < -0.4 is 4.84 Å². The van der Waals surface area contributed by atoms with Crippen LogP contribution in [0.1, 0.15) is 24.8 Å². The van der Waals surface area contributed by atoms with Gasteiger partial charge in [0.05, 0.1) is 5.92 Å². The van der Waals surface area contributed by atoms with E-state index in [-0.39, 0.29) is 11.8 Å². The molecule has 1 rings (SSSR count). The van der Waals surface area contributed by atoms with E-state index in [4.69, 9.17) is 11.8 Å². The first kappa shape index (κ1) is 10.1. The van der Waals surface area contributed by atoms with Crippen molar-refractivity contribution in [2.24, 2.45) is 0 Å². The molecule has 0 bridgehead atoms. The van der Waals surface area contributed by atoms with Gasteiger partial charge in [-0.25, -0.2) is 0 Å². The summed E-state index contributed by atoms with van der Waals surface area (Å²) in [5.41, 5.74) is 1.00. The fourth-order valence-corrected chi connectivity index (χ4v) is 1.46. The molecule has 0 fully saturated rings. The van der Waals surface area contributed by atoms with Crippen molar-refractivity contribution >= 4 is 17.7 Å². The van der Waals surface area contributed by atoms with Gasteiger partial charge in [-0.1, -0.05) is 37.3 Å². The quantitative estimate of drug-likeness (QED) is 0.741. The Morgan fingerprint density at radius 1 is 1.46 bits per heavy atom. The van der Waals surface area contributed by atoms with Gasteiger partial charge in [-0.2, -0.15) is 0 Å². The lowest BCUT2D eigenvalue weighted by atomic mass is 9.96. The van der Waals surface area contributed by atoms with E-state index in [1.54, 1.807) is 0 Å². The highest BCUT2D eigenvalue weighted by atomic mass is 35.5. The van der Waals surface area contributed by atoms with Crippen LogP contribution in [0.3, 0.4) is 0 Å². The second-order valence-electron chi connectivity index (χ2n) is 2.83. The summed E-state index contributed by atoms with van der Waals surface area (Å²) in [6.45, 7) is 1.96. The third kappa shape index (κ3) is 2.46. The predicted molar refractivity (Wildman–Crippen MR) is 53.5 cm³/mol. The molecule has 1 unspecified atom stereocenters. The summed E-state index contributed by atoms with van der Waals surface area (Å²) >= 11 is 5.28. The standard InChI is InChI=1S/C10H12ClNO/c1-2-9(10(13)12-11)8-6-4-3-5-7-8/h3-7,9H,2H2,1H3,(H,12,13). The lowest BCUT2D eigenvalue weighted by Crippen LogP contribution is -2.21. The molecule has 1 aromatic carbocycles. The second-order valence-corrected chi connectivity index (χ2v) is 3.02. The molecule has 13 heavy (non-hydrogen) atoms. The molecule has 0 aliphatic heterocycles. The van der Waals surface area contributed by atoms with E-state index in [2.05, 4.69) is 4.84 Å². The van der Waals surface area contributed by atoms with Gasteiger partial charge in [0.1, 0.15) is 0 Å². The maximum Gasteiger partial charge on any atom is 0.241 e. The van der Waals surface area contributed by atoms with E-state index in [9.17, 15) is 4.79 Å². The molecule has 0 saturated heterocycles. The Balaban J connectivity index is 2.85. The molecule has 0 saturated carbocycles. The van der Waals surface area contributed by atoms with Gasteiger partial charge in [0.25, 0.3) is 0 Å². The summed E-state index contributed by atoms with van der Waals surface area (Å²) in [6, 6.07) is 9.62. The van der Waals surface area contributed by atoms with E-state index >= 15 is 0 Å². The van der Waals surface area contributed by atoms with Crippen molar-refractivity contribution in [3.8, 4) is 0 Å². The van der Waals surface area contributed by atoms with Gasteiger partial charge in [-0.15, -0.1) is 0 Å². The number of hydrogen-bond donors (Lipinski definition) is 1. The zero-order valence-corrected chi connectivity index (χ0v) is 8.21. The van der Waals surface area contributed by atoms with Crippen molar-refractivity contribution in [3.05, 3.63) is 35.9 Å². The average molecular weight is 198 g/mol. The van der Waals surface area contributed by atoms with Crippen LogP contribution in [0, 0.1) is 0 Å². The molecule has 1 amide bonds. The Kier molecular flexibility index (Phi) is 3.77. The average Bonchev–Trinajstić information content (AvgIpc) is 2.20. The van der Waals surface area contributed by atoms with Gasteiger partial charge in [0.2, 0.25) is 5.91 Å². The summed E-state index contributed by atoms with van der Waals surface area (Å²) in [5, 5.41) is 0. The highest BCUT2D eigenvalue weighted by molar-refractivity contribution is 6.22. The summed E-state index contributed by atoms with van der Waals surface area (Å²) in [5.74, 6) is -0.283. The molecule has 1 N–H and O–H groups in total. The fraction of sp³-hybridized carbons (Fsp3) is 0.300. The first-order chi connectivity index (χ1) is 6.29. The normalized spacial score (nSPS) is 12.2. The van der Waals surface area contributed by atoms with Crippen molar-refractivity contribution in [1.82, 2.24) is 4.84 Å². The number of rotatable bonds is 3. The third-order valence-corrected chi connectivity index (χ3v) is 2.21. The van der Waals surface area contributed by atoms with Gasteiger partial charge in [-0.05, 0) is 12.0 Å². The molecule has 0 heterocycles. The third-order valence-electron chi connectivity index (χ3n) is 2.02. The largest absolute Gasteiger partial charge is 0.273 e. The maximum absolute atomic E-state index is 11.3. The Labute approximate surface area is 83.0 Å². The van der Waals surface area contributed by atoms with Crippen molar-refractivity contribution in [1.29, 1.82) is 0 Å². The molecule has 1 atom stereocenters. The lowest BCUT2D eigenvalue weighted by Gasteiger charge is -2.11. The summed E-state index contributed by atoms with van der Waals surface area (Å²) in [4.78, 5) is 13.4. The molecule has 70 valence electrons. The smallest absolute Gasteiger partial charge is 0.241 e. The molecule has 1 aromatic rings. The zero-order chi connectivity index (χ0) is 9.68. The van der Waals surface area contributed by atoms with Gasteiger partial charge in [0.15, 0.2) is 0 Å². The SMILES string of the molecule is CCC(C(=O)NCl)c1ccccc1. The lowest BCUT2D eigenvalue weighted by molar-refractivity contribution is -0.120. The van der Waals surface area contributed by atoms with Crippen LogP contribution in [0.25, 0.3) is 0 Å². The molecule has 0 radical (unpaired) electrons. The van der Waals surface area contributed by atoms with E-state index in [0.717, 1.165) is 12.0 Å². The number of carbonyl (C=O) groups excluding carboxylic acids is 1. The minimum Gasteiger partial charge on any atom is -0.273 e. The van der Waals surface area contributed by atoms with Crippen LogP contribution >= 0.6 is 11.8 Å². The number of amides is 1. The number of nitrogens with one attached hydrogen (secondary N) is 1. The summed E-state index contributed by atoms with van der Waals surface area (Å²) < 4.78 is 0. The Morgan fingerprint density at radius 3 is 2.54 bits per heavy atom.